The Morgan fingerprint density at radius 3 is 1.84 bits per heavy atom. The van der Waals surface area contributed by atoms with Gasteiger partial charge in [-0.15, -0.1) is 22.7 Å². The molecule has 0 N–H and O–H groups in total. The Labute approximate surface area is 289 Å². The largest absolute Gasteiger partial charge is 0.278 e. The fraction of sp³-hybridized carbons (Fsp3) is 0. The van der Waals surface area contributed by atoms with Crippen molar-refractivity contribution in [1.29, 1.82) is 0 Å². The van der Waals surface area contributed by atoms with E-state index in [9.17, 15) is 0 Å². The minimum Gasteiger partial charge on any atom is -0.278 e. The lowest BCUT2D eigenvalue weighted by atomic mass is 9.94. The molecule has 0 bridgehead atoms. The Hall–Kier alpha value is -5.88. The average Bonchev–Trinajstić information content (AvgIpc) is 3.84. The van der Waals surface area contributed by atoms with Crippen molar-refractivity contribution in [2.45, 2.75) is 0 Å². The summed E-state index contributed by atoms with van der Waals surface area (Å²) in [6.07, 6.45) is 0. The van der Waals surface area contributed by atoms with Crippen LogP contribution in [-0.2, 0) is 0 Å². The van der Waals surface area contributed by atoms with Crippen LogP contribution in [0.25, 0.3) is 101 Å². The van der Waals surface area contributed by atoms with E-state index in [4.69, 9.17) is 9.97 Å². The van der Waals surface area contributed by atoms with E-state index in [-0.39, 0.29) is 0 Å². The molecule has 0 saturated heterocycles. The van der Waals surface area contributed by atoms with Gasteiger partial charge >= 0.3 is 0 Å². The molecular formula is C44H25N3S2. The van der Waals surface area contributed by atoms with Crippen molar-refractivity contribution in [1.82, 2.24) is 14.5 Å². The van der Waals surface area contributed by atoms with E-state index in [0.29, 0.717) is 5.95 Å². The van der Waals surface area contributed by atoms with E-state index in [1.54, 1.807) is 11.3 Å². The summed E-state index contributed by atoms with van der Waals surface area (Å²) in [7, 11) is 0. The van der Waals surface area contributed by atoms with Crippen LogP contribution in [-0.4, -0.2) is 14.5 Å². The number of nitrogens with zero attached hydrogens (tertiary/aromatic N) is 3. The van der Waals surface area contributed by atoms with Gasteiger partial charge in [0.25, 0.3) is 0 Å². The number of hydrogen-bond acceptors (Lipinski definition) is 4. The molecule has 11 aromatic rings. The molecule has 0 spiro atoms. The number of rotatable bonds is 3. The number of benzene rings is 7. The van der Waals surface area contributed by atoms with Gasteiger partial charge in [-0.05, 0) is 52.2 Å². The number of aromatic nitrogens is 3. The second-order valence-corrected chi connectivity index (χ2v) is 14.6. The van der Waals surface area contributed by atoms with Crippen molar-refractivity contribution < 1.29 is 0 Å². The van der Waals surface area contributed by atoms with Crippen LogP contribution in [0.1, 0.15) is 0 Å². The predicted octanol–water partition coefficient (Wildman–Crippen LogP) is 12.8. The average molecular weight is 660 g/mol. The molecular weight excluding hydrogens is 635 g/mol. The van der Waals surface area contributed by atoms with Crippen LogP contribution in [0.4, 0.5) is 0 Å². The zero-order valence-corrected chi connectivity index (χ0v) is 27.7. The van der Waals surface area contributed by atoms with Gasteiger partial charge in [0.2, 0.25) is 5.95 Å². The zero-order chi connectivity index (χ0) is 32.1. The van der Waals surface area contributed by atoms with Gasteiger partial charge < -0.3 is 0 Å². The smallest absolute Gasteiger partial charge is 0.235 e. The summed E-state index contributed by atoms with van der Waals surface area (Å²) in [5, 5.41) is 8.70. The predicted molar refractivity (Wildman–Crippen MR) is 211 cm³/mol. The summed E-state index contributed by atoms with van der Waals surface area (Å²) >= 11 is 3.63. The first-order valence-electron chi connectivity index (χ1n) is 16.4. The van der Waals surface area contributed by atoms with E-state index < -0.39 is 0 Å². The van der Waals surface area contributed by atoms with Crippen molar-refractivity contribution >= 4 is 95.7 Å². The third kappa shape index (κ3) is 3.88. The maximum Gasteiger partial charge on any atom is 0.235 e. The maximum atomic E-state index is 5.49. The highest BCUT2D eigenvalue weighted by atomic mass is 32.1. The topological polar surface area (TPSA) is 30.7 Å². The molecule has 0 saturated carbocycles. The third-order valence-corrected chi connectivity index (χ3v) is 12.1. The molecule has 4 aromatic heterocycles. The molecule has 0 fully saturated rings. The van der Waals surface area contributed by atoms with Crippen LogP contribution < -0.4 is 0 Å². The zero-order valence-electron chi connectivity index (χ0n) is 26.1. The highest BCUT2D eigenvalue weighted by molar-refractivity contribution is 7.26. The van der Waals surface area contributed by atoms with Crippen LogP contribution in [0.15, 0.2) is 152 Å². The monoisotopic (exact) mass is 659 g/mol. The van der Waals surface area contributed by atoms with Crippen molar-refractivity contribution in [3.05, 3.63) is 152 Å². The second-order valence-electron chi connectivity index (χ2n) is 12.5. The summed E-state index contributed by atoms with van der Waals surface area (Å²) in [6.45, 7) is 0. The Morgan fingerprint density at radius 2 is 1.06 bits per heavy atom. The van der Waals surface area contributed by atoms with Gasteiger partial charge in [-0.25, -0.2) is 9.97 Å². The quantitative estimate of drug-likeness (QED) is 0.189. The summed E-state index contributed by atoms with van der Waals surface area (Å²) in [5.74, 6) is 0.683. The lowest BCUT2D eigenvalue weighted by Gasteiger charge is -2.12. The molecule has 7 aromatic carbocycles. The summed E-state index contributed by atoms with van der Waals surface area (Å²) in [4.78, 5) is 11.0. The van der Waals surface area contributed by atoms with Gasteiger partial charge in [-0.1, -0.05) is 121 Å². The Kier molecular flexibility index (Phi) is 5.70. The van der Waals surface area contributed by atoms with E-state index in [2.05, 4.69) is 156 Å². The van der Waals surface area contributed by atoms with Crippen molar-refractivity contribution in [3.63, 3.8) is 0 Å². The molecule has 5 heteroatoms. The normalized spacial score (nSPS) is 12.1. The molecule has 0 aliphatic heterocycles. The van der Waals surface area contributed by atoms with E-state index >= 15 is 0 Å². The van der Waals surface area contributed by atoms with Crippen molar-refractivity contribution in [2.24, 2.45) is 0 Å². The molecule has 0 aliphatic rings. The van der Waals surface area contributed by atoms with Crippen LogP contribution in [0, 0.1) is 0 Å². The summed E-state index contributed by atoms with van der Waals surface area (Å²) in [6, 6.07) is 54.5. The second kappa shape index (κ2) is 10.3. The number of hydrogen-bond donors (Lipinski definition) is 0. The summed E-state index contributed by atoms with van der Waals surface area (Å²) < 4.78 is 7.23. The molecule has 4 heterocycles. The van der Waals surface area contributed by atoms with Crippen LogP contribution in [0.2, 0.25) is 0 Å². The first kappa shape index (κ1) is 27.1. The molecule has 11 rings (SSSR count). The van der Waals surface area contributed by atoms with Gasteiger partial charge in [0.15, 0.2) is 0 Å². The molecule has 0 aliphatic carbocycles. The fourth-order valence-corrected chi connectivity index (χ4v) is 9.98. The lowest BCUT2D eigenvalue weighted by Crippen LogP contribution is -2.03. The van der Waals surface area contributed by atoms with E-state index in [0.717, 1.165) is 37.9 Å². The molecule has 0 radical (unpaired) electrons. The maximum absolute atomic E-state index is 5.49. The SMILES string of the molecule is c1ccc(-c2cc3c(c4ccccc24)c2c4c(ccc2n3-c2nc(-c3ccccc3)c3sc5ccccc5c3n2)sc2ccccc24)cc1. The standard InChI is InChI=1S/C44H25N3S2/c1-3-13-26(14-4-1)32-25-34-38(29-18-8-7-17-28(29)32)40-33(23-24-37-39(40)30-19-9-11-21-35(30)48-37)47(34)44-45-41(27-15-5-2-6-16-27)43-42(46-44)31-20-10-12-22-36(31)49-43/h1-25H. The molecule has 0 atom stereocenters. The minimum absolute atomic E-state index is 0.683. The highest BCUT2D eigenvalue weighted by Gasteiger charge is 2.24. The van der Waals surface area contributed by atoms with Crippen LogP contribution in [0.5, 0.6) is 0 Å². The molecule has 3 nitrogen and oxygen atoms in total. The van der Waals surface area contributed by atoms with Crippen molar-refractivity contribution in [3.8, 4) is 28.3 Å². The highest BCUT2D eigenvalue weighted by Crippen LogP contribution is 2.47. The van der Waals surface area contributed by atoms with E-state index in [1.165, 1.54) is 57.5 Å². The van der Waals surface area contributed by atoms with Crippen LogP contribution >= 0.6 is 22.7 Å². The molecule has 0 unspecified atom stereocenters. The first-order valence-corrected chi connectivity index (χ1v) is 18.1. The molecule has 0 amide bonds. The van der Waals surface area contributed by atoms with Gasteiger partial charge in [0, 0.05) is 46.6 Å². The van der Waals surface area contributed by atoms with Crippen molar-refractivity contribution in [2.75, 3.05) is 0 Å². The van der Waals surface area contributed by atoms with Gasteiger partial charge in [-0.2, -0.15) is 0 Å². The Morgan fingerprint density at radius 1 is 0.429 bits per heavy atom. The van der Waals surface area contributed by atoms with E-state index in [1.807, 2.05) is 11.3 Å². The van der Waals surface area contributed by atoms with Gasteiger partial charge in [0.05, 0.1) is 26.9 Å². The fourth-order valence-electron chi connectivity index (χ4n) is 7.72. The minimum atomic E-state index is 0.683. The molecule has 228 valence electrons. The van der Waals surface area contributed by atoms with Gasteiger partial charge in [-0.3, -0.25) is 4.57 Å². The first-order chi connectivity index (χ1) is 24.3. The molecule has 49 heavy (non-hydrogen) atoms. The Bertz CT molecular complexity index is 3100. The lowest BCUT2D eigenvalue weighted by molar-refractivity contribution is 1.02. The van der Waals surface area contributed by atoms with Crippen LogP contribution in [0.3, 0.4) is 0 Å². The number of fused-ring (bicyclic) bond motifs is 12. The summed E-state index contributed by atoms with van der Waals surface area (Å²) in [5.41, 5.74) is 7.64. The Balaban J connectivity index is 1.38. The number of thiophene rings is 2. The van der Waals surface area contributed by atoms with Gasteiger partial charge in [0.1, 0.15) is 0 Å². The third-order valence-electron chi connectivity index (χ3n) is 9.82.